The lowest BCUT2D eigenvalue weighted by molar-refractivity contribution is -0.120. The van der Waals surface area contributed by atoms with Gasteiger partial charge in [-0.15, -0.1) is 0 Å². The van der Waals surface area contributed by atoms with Gasteiger partial charge in [0.05, 0.1) is 13.2 Å². The summed E-state index contributed by atoms with van der Waals surface area (Å²) in [5, 5.41) is 6.48. The van der Waals surface area contributed by atoms with Crippen LogP contribution in [0.1, 0.15) is 5.56 Å². The van der Waals surface area contributed by atoms with E-state index in [4.69, 9.17) is 16.3 Å². The molecule has 0 heterocycles. The minimum atomic E-state index is -0.0379. The lowest BCUT2D eigenvalue weighted by Crippen LogP contribution is -2.35. The molecule has 0 atom stereocenters. The second-order valence-electron chi connectivity index (χ2n) is 3.58. The van der Waals surface area contributed by atoms with Gasteiger partial charge in [-0.05, 0) is 17.7 Å². The molecule has 0 aromatic heterocycles. The van der Waals surface area contributed by atoms with E-state index in [1.807, 2.05) is 24.3 Å². The fourth-order valence-corrected chi connectivity index (χ4v) is 1.54. The molecule has 5 heteroatoms. The Labute approximate surface area is 106 Å². The van der Waals surface area contributed by atoms with Crippen LogP contribution in [0.3, 0.4) is 0 Å². The standard InChI is InChI=1S/C12H17ClN2O2/c1-17-6-5-15-12(16)9-14-8-10-3-2-4-11(13)7-10/h2-4,7,14H,5-6,8-9H2,1H3,(H,15,16). The molecule has 0 spiro atoms. The fraction of sp³-hybridized carbons (Fsp3) is 0.417. The van der Waals surface area contributed by atoms with Crippen molar-refractivity contribution in [2.45, 2.75) is 6.54 Å². The number of rotatable bonds is 7. The highest BCUT2D eigenvalue weighted by Gasteiger charge is 2.00. The Bertz CT molecular complexity index is 358. The number of halogens is 1. The molecular formula is C12H17ClN2O2. The number of benzene rings is 1. The van der Waals surface area contributed by atoms with Crippen LogP contribution in [-0.4, -0.2) is 32.7 Å². The minimum Gasteiger partial charge on any atom is -0.383 e. The molecule has 4 nitrogen and oxygen atoms in total. The van der Waals surface area contributed by atoms with Crippen LogP contribution >= 0.6 is 11.6 Å². The van der Waals surface area contributed by atoms with Crippen molar-refractivity contribution in [1.29, 1.82) is 0 Å². The van der Waals surface area contributed by atoms with Crippen LogP contribution in [0.2, 0.25) is 5.02 Å². The molecule has 1 rings (SSSR count). The number of carbonyl (C=O) groups excluding carboxylic acids is 1. The van der Waals surface area contributed by atoms with Crippen LogP contribution in [-0.2, 0) is 16.1 Å². The van der Waals surface area contributed by atoms with Crippen LogP contribution < -0.4 is 10.6 Å². The predicted octanol–water partition coefficient (Wildman–Crippen LogP) is 1.19. The molecule has 17 heavy (non-hydrogen) atoms. The van der Waals surface area contributed by atoms with Gasteiger partial charge < -0.3 is 15.4 Å². The van der Waals surface area contributed by atoms with Gasteiger partial charge in [0.25, 0.3) is 0 Å². The molecule has 0 saturated heterocycles. The second kappa shape index (κ2) is 8.06. The first-order chi connectivity index (χ1) is 8.22. The molecular weight excluding hydrogens is 240 g/mol. The van der Waals surface area contributed by atoms with Crippen molar-refractivity contribution in [2.75, 3.05) is 26.8 Å². The molecule has 0 radical (unpaired) electrons. The molecule has 94 valence electrons. The van der Waals surface area contributed by atoms with Gasteiger partial charge in [0, 0.05) is 25.2 Å². The maximum Gasteiger partial charge on any atom is 0.234 e. The lowest BCUT2D eigenvalue weighted by atomic mass is 10.2. The highest BCUT2D eigenvalue weighted by atomic mass is 35.5. The van der Waals surface area contributed by atoms with Crippen LogP contribution in [0.4, 0.5) is 0 Å². The molecule has 0 aliphatic carbocycles. The van der Waals surface area contributed by atoms with Crippen LogP contribution in [0.5, 0.6) is 0 Å². The van der Waals surface area contributed by atoms with Crippen molar-refractivity contribution in [3.8, 4) is 0 Å². The van der Waals surface area contributed by atoms with Gasteiger partial charge in [0.15, 0.2) is 0 Å². The van der Waals surface area contributed by atoms with E-state index in [9.17, 15) is 4.79 Å². The monoisotopic (exact) mass is 256 g/mol. The average Bonchev–Trinajstić information content (AvgIpc) is 2.29. The van der Waals surface area contributed by atoms with Gasteiger partial charge >= 0.3 is 0 Å². The van der Waals surface area contributed by atoms with E-state index in [0.29, 0.717) is 24.7 Å². The number of hydrogen-bond donors (Lipinski definition) is 2. The van der Waals surface area contributed by atoms with E-state index in [-0.39, 0.29) is 12.5 Å². The average molecular weight is 257 g/mol. The molecule has 1 aromatic rings. The third-order valence-corrected chi connectivity index (χ3v) is 2.37. The Hall–Kier alpha value is -1.10. The predicted molar refractivity (Wildman–Crippen MR) is 68.0 cm³/mol. The molecule has 0 fully saturated rings. The molecule has 0 bridgehead atoms. The van der Waals surface area contributed by atoms with Gasteiger partial charge in [-0.1, -0.05) is 23.7 Å². The van der Waals surface area contributed by atoms with Gasteiger partial charge in [-0.25, -0.2) is 0 Å². The van der Waals surface area contributed by atoms with E-state index in [0.717, 1.165) is 5.56 Å². The second-order valence-corrected chi connectivity index (χ2v) is 4.01. The first-order valence-electron chi connectivity index (χ1n) is 5.43. The first-order valence-corrected chi connectivity index (χ1v) is 5.81. The summed E-state index contributed by atoms with van der Waals surface area (Å²) in [6.45, 7) is 1.97. The van der Waals surface area contributed by atoms with Gasteiger partial charge in [-0.3, -0.25) is 4.79 Å². The third-order valence-electron chi connectivity index (χ3n) is 2.13. The summed E-state index contributed by atoms with van der Waals surface area (Å²) in [4.78, 5) is 11.3. The molecule has 0 aliphatic heterocycles. The van der Waals surface area contributed by atoms with Gasteiger partial charge in [0.1, 0.15) is 0 Å². The van der Waals surface area contributed by atoms with Crippen molar-refractivity contribution in [3.63, 3.8) is 0 Å². The van der Waals surface area contributed by atoms with E-state index >= 15 is 0 Å². The summed E-state index contributed by atoms with van der Waals surface area (Å²) in [6.07, 6.45) is 0. The van der Waals surface area contributed by atoms with Crippen LogP contribution in [0.15, 0.2) is 24.3 Å². The Morgan fingerprint density at radius 3 is 3.00 bits per heavy atom. The third kappa shape index (κ3) is 6.26. The zero-order valence-electron chi connectivity index (χ0n) is 9.83. The molecule has 1 amide bonds. The Morgan fingerprint density at radius 2 is 2.29 bits per heavy atom. The zero-order chi connectivity index (χ0) is 12.5. The topological polar surface area (TPSA) is 50.4 Å². The maximum absolute atomic E-state index is 11.3. The van der Waals surface area contributed by atoms with Crippen molar-refractivity contribution in [2.24, 2.45) is 0 Å². The highest BCUT2D eigenvalue weighted by Crippen LogP contribution is 2.09. The normalized spacial score (nSPS) is 10.2. The van der Waals surface area contributed by atoms with E-state index in [1.165, 1.54) is 0 Å². The van der Waals surface area contributed by atoms with Crippen molar-refractivity contribution < 1.29 is 9.53 Å². The van der Waals surface area contributed by atoms with Gasteiger partial charge in [0.2, 0.25) is 5.91 Å². The number of methoxy groups -OCH3 is 1. The van der Waals surface area contributed by atoms with E-state index in [1.54, 1.807) is 7.11 Å². The van der Waals surface area contributed by atoms with Crippen molar-refractivity contribution >= 4 is 17.5 Å². The first kappa shape index (κ1) is 14.0. The summed E-state index contributed by atoms with van der Waals surface area (Å²) in [5.74, 6) is -0.0379. The summed E-state index contributed by atoms with van der Waals surface area (Å²) >= 11 is 5.85. The number of hydrogen-bond acceptors (Lipinski definition) is 3. The molecule has 2 N–H and O–H groups in total. The van der Waals surface area contributed by atoms with E-state index in [2.05, 4.69) is 10.6 Å². The SMILES string of the molecule is COCCNC(=O)CNCc1cccc(Cl)c1. The number of amides is 1. The van der Waals surface area contributed by atoms with Crippen LogP contribution in [0, 0.1) is 0 Å². The Balaban J connectivity index is 2.17. The number of carbonyl (C=O) groups is 1. The highest BCUT2D eigenvalue weighted by molar-refractivity contribution is 6.30. The summed E-state index contributed by atoms with van der Waals surface area (Å²) < 4.78 is 4.83. The lowest BCUT2D eigenvalue weighted by Gasteiger charge is -2.06. The fourth-order valence-electron chi connectivity index (χ4n) is 1.32. The number of ether oxygens (including phenoxy) is 1. The van der Waals surface area contributed by atoms with E-state index < -0.39 is 0 Å². The largest absolute Gasteiger partial charge is 0.383 e. The molecule has 0 saturated carbocycles. The van der Waals surface area contributed by atoms with Gasteiger partial charge in [-0.2, -0.15) is 0 Å². The number of nitrogens with one attached hydrogen (secondary N) is 2. The minimum absolute atomic E-state index is 0.0379. The Morgan fingerprint density at radius 1 is 1.47 bits per heavy atom. The molecule has 0 unspecified atom stereocenters. The summed E-state index contributed by atoms with van der Waals surface area (Å²) in [5.41, 5.74) is 1.06. The maximum atomic E-state index is 11.3. The summed E-state index contributed by atoms with van der Waals surface area (Å²) in [7, 11) is 1.60. The van der Waals surface area contributed by atoms with Crippen molar-refractivity contribution in [3.05, 3.63) is 34.9 Å². The molecule has 0 aliphatic rings. The zero-order valence-corrected chi connectivity index (χ0v) is 10.6. The quantitative estimate of drug-likeness (QED) is 0.721. The smallest absolute Gasteiger partial charge is 0.234 e. The Kier molecular flexibility index (Phi) is 6.62. The van der Waals surface area contributed by atoms with Crippen molar-refractivity contribution in [1.82, 2.24) is 10.6 Å². The van der Waals surface area contributed by atoms with Crippen LogP contribution in [0.25, 0.3) is 0 Å². The molecule has 1 aromatic carbocycles. The summed E-state index contributed by atoms with van der Waals surface area (Å²) in [6, 6.07) is 7.54.